The number of nitrogens with zero attached hydrogens (tertiary/aromatic N) is 1. The lowest BCUT2D eigenvalue weighted by Crippen LogP contribution is -2.40. The first-order chi connectivity index (χ1) is 10.0. The van der Waals surface area contributed by atoms with E-state index in [1.54, 1.807) is 25.2 Å². The van der Waals surface area contributed by atoms with Gasteiger partial charge in [-0.05, 0) is 30.5 Å². The Bertz CT molecular complexity index is 583. The maximum atomic E-state index is 12.8. The summed E-state index contributed by atoms with van der Waals surface area (Å²) < 4.78 is 37.5. The van der Waals surface area contributed by atoms with Crippen LogP contribution in [0.2, 0.25) is 0 Å². The van der Waals surface area contributed by atoms with Crippen LogP contribution in [0, 0.1) is 0 Å². The van der Waals surface area contributed by atoms with Gasteiger partial charge < -0.3 is 15.2 Å². The van der Waals surface area contributed by atoms with Gasteiger partial charge >= 0.3 is 0 Å². The number of benzene rings is 1. The van der Waals surface area contributed by atoms with Crippen molar-refractivity contribution >= 4 is 10.0 Å². The first kappa shape index (κ1) is 16.2. The quantitative estimate of drug-likeness (QED) is 0.875. The van der Waals surface area contributed by atoms with Crippen LogP contribution in [0.4, 0.5) is 0 Å². The molecule has 0 unspecified atom stereocenters. The van der Waals surface area contributed by atoms with Gasteiger partial charge in [-0.15, -0.1) is 0 Å². The summed E-state index contributed by atoms with van der Waals surface area (Å²) in [4.78, 5) is 0.177. The van der Waals surface area contributed by atoms with E-state index in [1.165, 1.54) is 11.4 Å². The number of hydrogen-bond donors (Lipinski definition) is 1. The zero-order chi connectivity index (χ0) is 15.5. The van der Waals surface area contributed by atoms with Crippen molar-refractivity contribution in [3.63, 3.8) is 0 Å². The van der Waals surface area contributed by atoms with Gasteiger partial charge in [-0.2, -0.15) is 4.31 Å². The highest BCUT2D eigenvalue weighted by atomic mass is 32.2. The molecule has 0 aliphatic carbocycles. The van der Waals surface area contributed by atoms with Crippen LogP contribution >= 0.6 is 0 Å². The first-order valence-electron chi connectivity index (χ1n) is 6.93. The highest BCUT2D eigenvalue weighted by Crippen LogP contribution is 2.29. The molecule has 21 heavy (non-hydrogen) atoms. The van der Waals surface area contributed by atoms with Gasteiger partial charge in [0.2, 0.25) is 10.0 Å². The molecule has 0 saturated carbocycles. The van der Waals surface area contributed by atoms with Gasteiger partial charge in [-0.3, -0.25) is 0 Å². The van der Waals surface area contributed by atoms with Gasteiger partial charge in [0.25, 0.3) is 0 Å². The van der Waals surface area contributed by atoms with Crippen molar-refractivity contribution in [2.75, 3.05) is 27.4 Å². The Morgan fingerprint density at radius 3 is 2.62 bits per heavy atom. The molecule has 1 fully saturated rings. The molecular weight excluding hydrogens is 292 g/mol. The predicted molar refractivity (Wildman–Crippen MR) is 79.7 cm³/mol. The van der Waals surface area contributed by atoms with Gasteiger partial charge in [0.15, 0.2) is 0 Å². The van der Waals surface area contributed by atoms with Crippen LogP contribution in [0.1, 0.15) is 18.4 Å². The second-order valence-electron chi connectivity index (χ2n) is 5.05. The average Bonchev–Trinajstić information content (AvgIpc) is 2.54. The van der Waals surface area contributed by atoms with Crippen LogP contribution in [-0.2, 0) is 21.3 Å². The minimum absolute atomic E-state index is 0.0392. The third-order valence-electron chi connectivity index (χ3n) is 3.83. The van der Waals surface area contributed by atoms with E-state index in [4.69, 9.17) is 15.2 Å². The molecule has 1 heterocycles. The molecule has 0 bridgehead atoms. The number of hydrogen-bond acceptors (Lipinski definition) is 5. The largest absolute Gasteiger partial charge is 0.495 e. The van der Waals surface area contributed by atoms with Crippen molar-refractivity contribution in [2.24, 2.45) is 5.73 Å². The highest BCUT2D eigenvalue weighted by Gasteiger charge is 2.31. The molecule has 1 aromatic rings. The van der Waals surface area contributed by atoms with Crippen molar-refractivity contribution in [2.45, 2.75) is 30.3 Å². The van der Waals surface area contributed by atoms with E-state index in [9.17, 15) is 8.42 Å². The minimum atomic E-state index is -3.59. The molecule has 0 spiro atoms. The molecule has 6 nitrogen and oxygen atoms in total. The Balaban J connectivity index is 2.34. The van der Waals surface area contributed by atoms with Crippen LogP contribution in [-0.4, -0.2) is 46.1 Å². The molecule has 0 atom stereocenters. The number of ether oxygens (including phenoxy) is 2. The van der Waals surface area contributed by atoms with Crippen molar-refractivity contribution in [1.29, 1.82) is 0 Å². The molecule has 1 saturated heterocycles. The summed E-state index contributed by atoms with van der Waals surface area (Å²) in [5.74, 6) is 0.330. The Kier molecular flexibility index (Phi) is 5.21. The Morgan fingerprint density at radius 2 is 2.05 bits per heavy atom. The molecule has 0 radical (unpaired) electrons. The van der Waals surface area contributed by atoms with E-state index in [-0.39, 0.29) is 10.9 Å². The van der Waals surface area contributed by atoms with Crippen molar-refractivity contribution in [3.8, 4) is 5.75 Å². The molecule has 2 N–H and O–H groups in total. The van der Waals surface area contributed by atoms with E-state index >= 15 is 0 Å². The number of rotatable bonds is 5. The Labute approximate surface area is 125 Å². The third-order valence-corrected chi connectivity index (χ3v) is 5.78. The standard InChI is InChI=1S/C14H22N2O4S/c1-16(12-5-7-20-8-6-12)21(17,18)14-4-3-11(10-15)9-13(14)19-2/h3-4,9,12H,5-8,10,15H2,1-2H3. The lowest BCUT2D eigenvalue weighted by atomic mass is 10.1. The predicted octanol–water partition coefficient (Wildman–Crippen LogP) is 0.953. The fraction of sp³-hybridized carbons (Fsp3) is 0.571. The summed E-state index contributed by atoms with van der Waals surface area (Å²) >= 11 is 0. The van der Waals surface area contributed by atoms with Crippen molar-refractivity contribution in [1.82, 2.24) is 4.31 Å². The zero-order valence-corrected chi connectivity index (χ0v) is 13.2. The van der Waals surface area contributed by atoms with Crippen molar-refractivity contribution in [3.05, 3.63) is 23.8 Å². The Hall–Kier alpha value is -1.15. The van der Waals surface area contributed by atoms with Crippen LogP contribution in [0.3, 0.4) is 0 Å². The normalized spacial score (nSPS) is 17.1. The summed E-state index contributed by atoms with van der Waals surface area (Å²) in [5.41, 5.74) is 6.41. The summed E-state index contributed by atoms with van der Waals surface area (Å²) in [6, 6.07) is 4.91. The molecule has 2 rings (SSSR count). The van der Waals surface area contributed by atoms with Gasteiger partial charge in [-0.25, -0.2) is 8.42 Å². The van der Waals surface area contributed by atoms with Gasteiger partial charge in [0.1, 0.15) is 10.6 Å². The summed E-state index contributed by atoms with van der Waals surface area (Å²) in [6.07, 6.45) is 1.41. The van der Waals surface area contributed by atoms with Crippen LogP contribution < -0.4 is 10.5 Å². The van der Waals surface area contributed by atoms with Crippen LogP contribution in [0.15, 0.2) is 23.1 Å². The van der Waals surface area contributed by atoms with Crippen LogP contribution in [0.25, 0.3) is 0 Å². The van der Waals surface area contributed by atoms with Gasteiger partial charge in [0, 0.05) is 32.8 Å². The molecule has 7 heteroatoms. The Morgan fingerprint density at radius 1 is 1.38 bits per heavy atom. The highest BCUT2D eigenvalue weighted by molar-refractivity contribution is 7.89. The average molecular weight is 314 g/mol. The lowest BCUT2D eigenvalue weighted by Gasteiger charge is -2.30. The second-order valence-corrected chi connectivity index (χ2v) is 7.02. The van der Waals surface area contributed by atoms with Crippen molar-refractivity contribution < 1.29 is 17.9 Å². The van der Waals surface area contributed by atoms with E-state index in [2.05, 4.69) is 0 Å². The SMILES string of the molecule is COc1cc(CN)ccc1S(=O)(=O)N(C)C1CCOCC1. The van der Waals surface area contributed by atoms with E-state index in [0.29, 0.717) is 38.3 Å². The van der Waals surface area contributed by atoms with E-state index in [0.717, 1.165) is 5.56 Å². The maximum absolute atomic E-state index is 12.8. The lowest BCUT2D eigenvalue weighted by molar-refractivity contribution is 0.0632. The van der Waals surface area contributed by atoms with E-state index < -0.39 is 10.0 Å². The maximum Gasteiger partial charge on any atom is 0.246 e. The second kappa shape index (κ2) is 6.74. The monoisotopic (exact) mass is 314 g/mol. The number of methoxy groups -OCH3 is 1. The molecule has 1 aromatic carbocycles. The zero-order valence-electron chi connectivity index (χ0n) is 12.4. The molecule has 0 aromatic heterocycles. The molecule has 1 aliphatic heterocycles. The minimum Gasteiger partial charge on any atom is -0.495 e. The smallest absolute Gasteiger partial charge is 0.246 e. The number of nitrogens with two attached hydrogens (primary N) is 1. The molecule has 1 aliphatic rings. The summed E-state index contributed by atoms with van der Waals surface area (Å²) in [5, 5.41) is 0. The summed E-state index contributed by atoms with van der Waals surface area (Å²) in [7, 11) is -0.520. The summed E-state index contributed by atoms with van der Waals surface area (Å²) in [6.45, 7) is 1.52. The fourth-order valence-corrected chi connectivity index (χ4v) is 4.00. The molecular formula is C14H22N2O4S. The fourth-order valence-electron chi connectivity index (χ4n) is 2.45. The molecule has 0 amide bonds. The van der Waals surface area contributed by atoms with E-state index in [1.807, 2.05) is 0 Å². The third kappa shape index (κ3) is 3.37. The van der Waals surface area contributed by atoms with Gasteiger partial charge in [0.05, 0.1) is 7.11 Å². The first-order valence-corrected chi connectivity index (χ1v) is 8.37. The topological polar surface area (TPSA) is 81.9 Å². The van der Waals surface area contributed by atoms with Crippen LogP contribution in [0.5, 0.6) is 5.75 Å². The molecule has 118 valence electrons. The van der Waals surface area contributed by atoms with Gasteiger partial charge in [-0.1, -0.05) is 6.07 Å². The number of sulfonamides is 1.